The van der Waals surface area contributed by atoms with Crippen LogP contribution in [0.2, 0.25) is 0 Å². The number of hydrogen-bond acceptors (Lipinski definition) is 4. The van der Waals surface area contributed by atoms with E-state index < -0.39 is 0 Å². The zero-order chi connectivity index (χ0) is 17.9. The highest BCUT2D eigenvalue weighted by Crippen LogP contribution is 2.31. The molecule has 5 heteroatoms. The molecule has 4 rings (SSSR count). The Hall–Kier alpha value is -3.21. The first-order valence-electron chi connectivity index (χ1n) is 8.75. The Morgan fingerprint density at radius 1 is 0.962 bits per heavy atom. The lowest BCUT2D eigenvalue weighted by Gasteiger charge is -2.18. The molecule has 0 bridgehead atoms. The maximum absolute atomic E-state index is 12.9. The summed E-state index contributed by atoms with van der Waals surface area (Å²) < 4.78 is 0. The van der Waals surface area contributed by atoms with Gasteiger partial charge in [0.2, 0.25) is 0 Å². The molecule has 1 heterocycles. The van der Waals surface area contributed by atoms with E-state index in [0.29, 0.717) is 11.3 Å². The van der Waals surface area contributed by atoms with Crippen LogP contribution in [0.1, 0.15) is 34.5 Å². The highest BCUT2D eigenvalue weighted by molar-refractivity contribution is 6.09. The second-order valence-electron chi connectivity index (χ2n) is 6.37. The maximum Gasteiger partial charge on any atom is 0.256 e. The van der Waals surface area contributed by atoms with Crippen molar-refractivity contribution in [3.05, 3.63) is 71.7 Å². The van der Waals surface area contributed by atoms with Gasteiger partial charge in [0, 0.05) is 22.4 Å². The van der Waals surface area contributed by atoms with Gasteiger partial charge in [0.15, 0.2) is 0 Å². The zero-order valence-corrected chi connectivity index (χ0v) is 14.3. The van der Waals surface area contributed by atoms with Crippen LogP contribution >= 0.6 is 0 Å². The molecule has 1 aliphatic rings. The number of phenolic OH excluding ortho intramolecular Hbond substituents is 1. The number of aryl methyl sites for hydroxylation is 1. The molecule has 5 nitrogen and oxygen atoms in total. The summed E-state index contributed by atoms with van der Waals surface area (Å²) in [6.45, 7) is 0. The summed E-state index contributed by atoms with van der Waals surface area (Å²) in [4.78, 5) is 21.8. The number of aromatic nitrogens is 2. The fourth-order valence-corrected chi connectivity index (χ4v) is 3.41. The van der Waals surface area contributed by atoms with Gasteiger partial charge in [0.1, 0.15) is 12.1 Å². The molecule has 0 fully saturated rings. The van der Waals surface area contributed by atoms with Gasteiger partial charge in [-0.15, -0.1) is 0 Å². The van der Waals surface area contributed by atoms with Crippen molar-refractivity contribution in [3.63, 3.8) is 0 Å². The zero-order valence-electron chi connectivity index (χ0n) is 14.3. The summed E-state index contributed by atoms with van der Waals surface area (Å²) in [6.07, 6.45) is 5.72. The van der Waals surface area contributed by atoms with E-state index in [-0.39, 0.29) is 11.7 Å². The molecule has 26 heavy (non-hydrogen) atoms. The van der Waals surface area contributed by atoms with Crippen LogP contribution in [0.3, 0.4) is 0 Å². The fraction of sp³-hybridized carbons (Fsp3) is 0.190. The summed E-state index contributed by atoms with van der Waals surface area (Å²) >= 11 is 0. The van der Waals surface area contributed by atoms with Gasteiger partial charge in [0.05, 0.1) is 11.4 Å². The summed E-state index contributed by atoms with van der Waals surface area (Å²) in [7, 11) is 0. The number of phenols is 1. The number of hydrogen-bond donors (Lipinski definition) is 2. The highest BCUT2D eigenvalue weighted by atomic mass is 16.3. The molecular weight excluding hydrogens is 326 g/mol. The number of amides is 1. The number of anilines is 1. The van der Waals surface area contributed by atoms with Crippen LogP contribution in [0, 0.1) is 0 Å². The quantitative estimate of drug-likeness (QED) is 0.704. The molecule has 0 spiro atoms. The van der Waals surface area contributed by atoms with E-state index in [0.717, 1.165) is 48.2 Å². The number of fused-ring (bicyclic) bond motifs is 1. The lowest BCUT2D eigenvalue weighted by atomic mass is 9.91. The second-order valence-corrected chi connectivity index (χ2v) is 6.37. The lowest BCUT2D eigenvalue weighted by molar-refractivity contribution is 0.102. The number of rotatable bonds is 3. The molecule has 0 radical (unpaired) electrons. The SMILES string of the molecule is O=C(Nc1ccccc1O)c1ccccc1-c1ncnc2c1CCCC2. The summed E-state index contributed by atoms with van der Waals surface area (Å²) in [6, 6.07) is 14.1. The minimum absolute atomic E-state index is 0.0396. The van der Waals surface area contributed by atoms with Crippen molar-refractivity contribution >= 4 is 11.6 Å². The first-order valence-corrected chi connectivity index (χ1v) is 8.75. The van der Waals surface area contributed by atoms with Crippen molar-refractivity contribution in [2.45, 2.75) is 25.7 Å². The average Bonchev–Trinajstić information content (AvgIpc) is 2.69. The van der Waals surface area contributed by atoms with Crippen LogP contribution < -0.4 is 5.32 Å². The summed E-state index contributed by atoms with van der Waals surface area (Å²) in [5.74, 6) is -0.233. The molecular formula is C21H19N3O2. The van der Waals surface area contributed by atoms with Gasteiger partial charge in [-0.05, 0) is 43.9 Å². The Labute approximate surface area is 151 Å². The third kappa shape index (κ3) is 3.04. The van der Waals surface area contributed by atoms with E-state index in [1.54, 1.807) is 36.7 Å². The average molecular weight is 345 g/mol. The van der Waals surface area contributed by atoms with E-state index in [1.807, 2.05) is 18.2 Å². The Balaban J connectivity index is 1.74. The lowest BCUT2D eigenvalue weighted by Crippen LogP contribution is -2.15. The van der Waals surface area contributed by atoms with Crippen LogP contribution in [0.15, 0.2) is 54.9 Å². The molecule has 2 N–H and O–H groups in total. The molecule has 3 aromatic rings. The molecule has 130 valence electrons. The third-order valence-corrected chi connectivity index (χ3v) is 4.70. The number of benzene rings is 2. The number of nitrogens with one attached hydrogen (secondary N) is 1. The summed E-state index contributed by atoms with van der Waals surface area (Å²) in [5.41, 5.74) is 4.76. The minimum Gasteiger partial charge on any atom is -0.506 e. The first-order chi connectivity index (χ1) is 12.7. The second kappa shape index (κ2) is 6.96. The van der Waals surface area contributed by atoms with E-state index in [1.165, 1.54) is 0 Å². The van der Waals surface area contributed by atoms with Crippen molar-refractivity contribution in [2.24, 2.45) is 0 Å². The predicted molar refractivity (Wildman–Crippen MR) is 100 cm³/mol. The van der Waals surface area contributed by atoms with Crippen LogP contribution in [-0.4, -0.2) is 21.0 Å². The molecule has 0 saturated heterocycles. The Morgan fingerprint density at radius 3 is 2.62 bits per heavy atom. The normalized spacial score (nSPS) is 13.1. The van der Waals surface area contributed by atoms with E-state index in [9.17, 15) is 9.90 Å². The van der Waals surface area contributed by atoms with Crippen molar-refractivity contribution < 1.29 is 9.90 Å². The van der Waals surface area contributed by atoms with Crippen molar-refractivity contribution in [1.82, 2.24) is 9.97 Å². The Kier molecular flexibility index (Phi) is 4.35. The number of carbonyl (C=O) groups is 1. The monoisotopic (exact) mass is 345 g/mol. The van der Waals surface area contributed by atoms with E-state index >= 15 is 0 Å². The number of carbonyl (C=O) groups excluding carboxylic acids is 1. The smallest absolute Gasteiger partial charge is 0.256 e. The first kappa shape index (κ1) is 16.3. The summed E-state index contributed by atoms with van der Waals surface area (Å²) in [5, 5.41) is 12.7. The van der Waals surface area contributed by atoms with Gasteiger partial charge in [-0.3, -0.25) is 4.79 Å². The van der Waals surface area contributed by atoms with Gasteiger partial charge in [-0.25, -0.2) is 9.97 Å². The van der Waals surface area contributed by atoms with Crippen LogP contribution in [0.5, 0.6) is 5.75 Å². The van der Waals surface area contributed by atoms with Crippen molar-refractivity contribution in [3.8, 4) is 17.0 Å². The third-order valence-electron chi connectivity index (χ3n) is 4.70. The van der Waals surface area contributed by atoms with Gasteiger partial charge in [-0.2, -0.15) is 0 Å². The van der Waals surface area contributed by atoms with Gasteiger partial charge < -0.3 is 10.4 Å². The number of para-hydroxylation sites is 2. The molecule has 1 aliphatic carbocycles. The Morgan fingerprint density at radius 2 is 1.73 bits per heavy atom. The van der Waals surface area contributed by atoms with Crippen LogP contribution in [-0.2, 0) is 12.8 Å². The Bertz CT molecular complexity index is 969. The molecule has 0 atom stereocenters. The molecule has 1 amide bonds. The van der Waals surface area contributed by atoms with Gasteiger partial charge in [-0.1, -0.05) is 30.3 Å². The molecule has 2 aromatic carbocycles. The standard InChI is InChI=1S/C21H19N3O2/c25-19-12-6-5-11-18(19)24-21(26)15-8-2-1-7-14(15)20-16-9-3-4-10-17(16)22-13-23-20/h1-2,5-8,11-13,25H,3-4,9-10H2,(H,24,26). The molecule has 0 unspecified atom stereocenters. The number of aromatic hydroxyl groups is 1. The van der Waals surface area contributed by atoms with Crippen LogP contribution in [0.25, 0.3) is 11.3 Å². The minimum atomic E-state index is -0.273. The fourth-order valence-electron chi connectivity index (χ4n) is 3.41. The molecule has 1 aromatic heterocycles. The predicted octanol–water partition coefficient (Wildman–Crippen LogP) is 3.98. The van der Waals surface area contributed by atoms with E-state index in [2.05, 4.69) is 15.3 Å². The van der Waals surface area contributed by atoms with Gasteiger partial charge in [0.25, 0.3) is 5.91 Å². The van der Waals surface area contributed by atoms with Crippen molar-refractivity contribution in [2.75, 3.05) is 5.32 Å². The van der Waals surface area contributed by atoms with Crippen LogP contribution in [0.4, 0.5) is 5.69 Å². The largest absolute Gasteiger partial charge is 0.506 e. The molecule has 0 aliphatic heterocycles. The topological polar surface area (TPSA) is 75.1 Å². The highest BCUT2D eigenvalue weighted by Gasteiger charge is 2.21. The van der Waals surface area contributed by atoms with Gasteiger partial charge >= 0.3 is 0 Å². The number of nitrogens with zero attached hydrogens (tertiary/aromatic N) is 2. The maximum atomic E-state index is 12.9. The van der Waals surface area contributed by atoms with E-state index in [4.69, 9.17) is 0 Å². The molecule has 0 saturated carbocycles. The van der Waals surface area contributed by atoms with Crippen molar-refractivity contribution in [1.29, 1.82) is 0 Å².